The number of rotatable bonds is 6. The van der Waals surface area contributed by atoms with Crippen molar-refractivity contribution in [3.05, 3.63) is 42.0 Å². The lowest BCUT2D eigenvalue weighted by atomic mass is 10.2. The highest BCUT2D eigenvalue weighted by molar-refractivity contribution is 7.99. The van der Waals surface area contributed by atoms with Gasteiger partial charge in [0.25, 0.3) is 0 Å². The van der Waals surface area contributed by atoms with Crippen LogP contribution in [0.5, 0.6) is 0 Å². The summed E-state index contributed by atoms with van der Waals surface area (Å²) in [6, 6.07) is 10.2. The molecule has 0 bridgehead atoms. The molecule has 1 aromatic rings. The molecule has 2 nitrogen and oxygen atoms in total. The molecule has 3 heteroatoms. The molecule has 0 aliphatic rings. The first-order chi connectivity index (χ1) is 7.70. The maximum absolute atomic E-state index is 10.5. The van der Waals surface area contributed by atoms with Gasteiger partial charge < -0.3 is 5.11 Å². The minimum absolute atomic E-state index is 0.435. The molecule has 0 amide bonds. The number of allylic oxidation sites excluding steroid dienone is 1. The van der Waals surface area contributed by atoms with E-state index in [0.29, 0.717) is 5.57 Å². The monoisotopic (exact) mass is 236 g/mol. The van der Waals surface area contributed by atoms with Gasteiger partial charge in [-0.25, -0.2) is 4.79 Å². The van der Waals surface area contributed by atoms with Gasteiger partial charge in [-0.3, -0.25) is 0 Å². The Labute approximate surface area is 100 Å². The van der Waals surface area contributed by atoms with Crippen LogP contribution in [0.15, 0.2) is 46.9 Å². The van der Waals surface area contributed by atoms with Gasteiger partial charge in [0.2, 0.25) is 0 Å². The van der Waals surface area contributed by atoms with Crippen LogP contribution in [0.25, 0.3) is 0 Å². The third kappa shape index (κ3) is 5.03. The fourth-order valence-electron chi connectivity index (χ4n) is 1.20. The van der Waals surface area contributed by atoms with Crippen LogP contribution in [-0.4, -0.2) is 16.8 Å². The number of aliphatic carboxylic acids is 1. The maximum Gasteiger partial charge on any atom is 0.330 e. The highest BCUT2D eigenvalue weighted by atomic mass is 32.2. The molecule has 0 heterocycles. The molecular weight excluding hydrogens is 220 g/mol. The number of carbonyl (C=O) groups is 1. The Morgan fingerprint density at radius 3 is 2.69 bits per heavy atom. The van der Waals surface area contributed by atoms with Gasteiger partial charge in [-0.1, -0.05) is 24.3 Å². The summed E-state index contributed by atoms with van der Waals surface area (Å²) in [4.78, 5) is 11.8. The van der Waals surface area contributed by atoms with Crippen LogP contribution >= 0.6 is 11.8 Å². The normalized spacial score (nSPS) is 11.4. The molecule has 1 rings (SSSR count). The summed E-state index contributed by atoms with van der Waals surface area (Å²) < 4.78 is 0. The van der Waals surface area contributed by atoms with Crippen molar-refractivity contribution < 1.29 is 9.90 Å². The van der Waals surface area contributed by atoms with Crippen LogP contribution < -0.4 is 0 Å². The number of carboxylic acid groups (broad SMARTS) is 1. The number of hydrogen-bond acceptors (Lipinski definition) is 2. The minimum atomic E-state index is -0.823. The number of hydrogen-bond donors (Lipinski definition) is 1. The predicted molar refractivity (Wildman–Crippen MR) is 67.8 cm³/mol. The van der Waals surface area contributed by atoms with E-state index in [1.54, 1.807) is 24.8 Å². The van der Waals surface area contributed by atoms with E-state index >= 15 is 0 Å². The molecule has 86 valence electrons. The zero-order valence-corrected chi connectivity index (χ0v) is 10.2. The third-order valence-corrected chi connectivity index (χ3v) is 3.25. The van der Waals surface area contributed by atoms with Crippen LogP contribution in [0, 0.1) is 0 Å². The first-order valence-electron chi connectivity index (χ1n) is 5.28. The SMILES string of the molecule is CC(=CCCCSc1ccccc1)C(=O)O. The smallest absolute Gasteiger partial charge is 0.330 e. The second kappa shape index (κ2) is 7.12. The molecule has 0 saturated heterocycles. The molecule has 0 aromatic heterocycles. The third-order valence-electron chi connectivity index (χ3n) is 2.15. The first-order valence-corrected chi connectivity index (χ1v) is 6.26. The standard InChI is InChI=1S/C13H16O2S/c1-11(13(14)15)7-5-6-10-16-12-8-3-2-4-9-12/h2-4,7-9H,5-6,10H2,1H3,(H,14,15). The second-order valence-corrected chi connectivity index (χ2v) is 4.66. The lowest BCUT2D eigenvalue weighted by Gasteiger charge is -1.99. The second-order valence-electron chi connectivity index (χ2n) is 3.50. The molecule has 16 heavy (non-hydrogen) atoms. The number of carboxylic acids is 1. The van der Waals surface area contributed by atoms with E-state index in [-0.39, 0.29) is 0 Å². The van der Waals surface area contributed by atoms with Crippen molar-refractivity contribution in [3.63, 3.8) is 0 Å². The Morgan fingerprint density at radius 1 is 1.38 bits per heavy atom. The maximum atomic E-state index is 10.5. The lowest BCUT2D eigenvalue weighted by Crippen LogP contribution is -1.95. The first kappa shape index (κ1) is 12.8. The Balaban J connectivity index is 2.18. The summed E-state index contributed by atoms with van der Waals surface area (Å²) in [7, 11) is 0. The van der Waals surface area contributed by atoms with Crippen molar-refractivity contribution in [1.29, 1.82) is 0 Å². The highest BCUT2D eigenvalue weighted by Gasteiger charge is 1.98. The molecule has 0 aliphatic heterocycles. The van der Waals surface area contributed by atoms with Crippen molar-refractivity contribution in [3.8, 4) is 0 Å². The molecule has 0 unspecified atom stereocenters. The molecular formula is C13H16O2S. The van der Waals surface area contributed by atoms with Crippen molar-refractivity contribution in [2.45, 2.75) is 24.7 Å². The average molecular weight is 236 g/mol. The summed E-state index contributed by atoms with van der Waals surface area (Å²) in [5.74, 6) is 0.198. The summed E-state index contributed by atoms with van der Waals surface area (Å²) in [5.41, 5.74) is 0.435. The van der Waals surface area contributed by atoms with E-state index in [2.05, 4.69) is 12.1 Å². The zero-order valence-electron chi connectivity index (χ0n) is 9.35. The van der Waals surface area contributed by atoms with Gasteiger partial charge in [0.1, 0.15) is 0 Å². The molecule has 0 spiro atoms. The molecule has 0 radical (unpaired) electrons. The number of thioether (sulfide) groups is 1. The van der Waals surface area contributed by atoms with Gasteiger partial charge in [0, 0.05) is 10.5 Å². The van der Waals surface area contributed by atoms with Gasteiger partial charge >= 0.3 is 5.97 Å². The summed E-state index contributed by atoms with van der Waals surface area (Å²) in [5, 5.41) is 8.64. The largest absolute Gasteiger partial charge is 0.478 e. The zero-order chi connectivity index (χ0) is 11.8. The quantitative estimate of drug-likeness (QED) is 0.466. The van der Waals surface area contributed by atoms with Gasteiger partial charge in [-0.15, -0.1) is 11.8 Å². The molecule has 0 saturated carbocycles. The van der Waals surface area contributed by atoms with E-state index in [9.17, 15) is 4.79 Å². The van der Waals surface area contributed by atoms with E-state index < -0.39 is 5.97 Å². The van der Waals surface area contributed by atoms with Gasteiger partial charge in [0.15, 0.2) is 0 Å². The van der Waals surface area contributed by atoms with Gasteiger partial charge in [-0.05, 0) is 37.7 Å². The average Bonchev–Trinajstić information content (AvgIpc) is 2.29. The Bertz CT molecular complexity index is 357. The van der Waals surface area contributed by atoms with Crippen LogP contribution in [0.2, 0.25) is 0 Å². The molecule has 1 aromatic carbocycles. The van der Waals surface area contributed by atoms with Crippen molar-refractivity contribution >= 4 is 17.7 Å². The van der Waals surface area contributed by atoms with Crippen LogP contribution in [0.3, 0.4) is 0 Å². The Morgan fingerprint density at radius 2 is 2.06 bits per heavy atom. The van der Waals surface area contributed by atoms with Crippen molar-refractivity contribution in [2.75, 3.05) is 5.75 Å². The fourth-order valence-corrected chi connectivity index (χ4v) is 2.09. The van der Waals surface area contributed by atoms with Gasteiger partial charge in [-0.2, -0.15) is 0 Å². The predicted octanol–water partition coefficient (Wildman–Crippen LogP) is 3.59. The van der Waals surface area contributed by atoms with Crippen molar-refractivity contribution in [2.24, 2.45) is 0 Å². The Hall–Kier alpha value is -1.22. The fraction of sp³-hybridized carbons (Fsp3) is 0.308. The van der Waals surface area contributed by atoms with E-state index in [1.807, 2.05) is 18.2 Å². The molecule has 0 atom stereocenters. The van der Waals surface area contributed by atoms with Crippen LogP contribution in [0.1, 0.15) is 19.8 Å². The van der Waals surface area contributed by atoms with Crippen LogP contribution in [-0.2, 0) is 4.79 Å². The van der Waals surface area contributed by atoms with E-state index in [0.717, 1.165) is 18.6 Å². The Kier molecular flexibility index (Phi) is 5.72. The minimum Gasteiger partial charge on any atom is -0.478 e. The van der Waals surface area contributed by atoms with E-state index in [4.69, 9.17) is 5.11 Å². The molecule has 0 fully saturated rings. The topological polar surface area (TPSA) is 37.3 Å². The number of unbranched alkanes of at least 4 members (excludes halogenated alkanes) is 1. The lowest BCUT2D eigenvalue weighted by molar-refractivity contribution is -0.132. The van der Waals surface area contributed by atoms with Gasteiger partial charge in [0.05, 0.1) is 0 Å². The highest BCUT2D eigenvalue weighted by Crippen LogP contribution is 2.18. The van der Waals surface area contributed by atoms with Crippen LogP contribution in [0.4, 0.5) is 0 Å². The number of benzene rings is 1. The van der Waals surface area contributed by atoms with E-state index in [1.165, 1.54) is 4.90 Å². The van der Waals surface area contributed by atoms with Crippen molar-refractivity contribution in [1.82, 2.24) is 0 Å². The summed E-state index contributed by atoms with van der Waals surface area (Å²) in [6.07, 6.45) is 3.62. The molecule has 0 aliphatic carbocycles. The summed E-state index contributed by atoms with van der Waals surface area (Å²) in [6.45, 7) is 1.63. The molecule has 1 N–H and O–H groups in total. The summed E-state index contributed by atoms with van der Waals surface area (Å²) >= 11 is 1.80.